The number of aryl methyl sites for hydroxylation is 1. The summed E-state index contributed by atoms with van der Waals surface area (Å²) in [4.78, 5) is 19.1. The Morgan fingerprint density at radius 2 is 1.79 bits per heavy atom. The zero-order valence-corrected chi connectivity index (χ0v) is 17.9. The molecule has 1 fully saturated rings. The maximum Gasteiger partial charge on any atom is 0.229 e. The Hall–Kier alpha value is -2.21. The summed E-state index contributed by atoms with van der Waals surface area (Å²) in [7, 11) is 0. The van der Waals surface area contributed by atoms with Crippen molar-refractivity contribution < 1.29 is 4.42 Å². The van der Waals surface area contributed by atoms with Gasteiger partial charge in [0.25, 0.3) is 0 Å². The molecule has 0 unspecified atom stereocenters. The first-order valence-corrected chi connectivity index (χ1v) is 11.2. The first-order chi connectivity index (χ1) is 14.2. The summed E-state index contributed by atoms with van der Waals surface area (Å²) in [5.41, 5.74) is 6.63. The Morgan fingerprint density at radius 3 is 2.52 bits per heavy atom. The summed E-state index contributed by atoms with van der Waals surface area (Å²) >= 11 is 0. The lowest BCUT2D eigenvalue weighted by Gasteiger charge is -2.34. The predicted octanol–water partition coefficient (Wildman–Crippen LogP) is 3.99. The highest BCUT2D eigenvalue weighted by Gasteiger charge is 2.27. The summed E-state index contributed by atoms with van der Waals surface area (Å²) in [6.45, 7) is 11.9. The summed E-state index contributed by atoms with van der Waals surface area (Å²) < 4.78 is 6.39. The number of anilines is 1. The molecule has 1 aliphatic heterocycles. The molecule has 0 aromatic carbocycles. The minimum Gasteiger partial charge on any atom is -0.432 e. The minimum absolute atomic E-state index is 0.584. The molecule has 29 heavy (non-hydrogen) atoms. The third-order valence-electron chi connectivity index (χ3n) is 6.51. The third-order valence-corrected chi connectivity index (χ3v) is 6.51. The molecule has 1 saturated heterocycles. The molecule has 0 atom stereocenters. The molecule has 4 heterocycles. The fourth-order valence-electron chi connectivity index (χ4n) is 4.98. The van der Waals surface area contributed by atoms with Crippen LogP contribution in [0.3, 0.4) is 0 Å². The molecular formula is C23H31N5O. The largest absolute Gasteiger partial charge is 0.432 e. The third kappa shape index (κ3) is 3.27. The lowest BCUT2D eigenvalue weighted by atomic mass is 9.87. The fourth-order valence-corrected chi connectivity index (χ4v) is 4.98. The molecule has 3 aromatic rings. The van der Waals surface area contributed by atoms with Crippen LogP contribution < -0.4 is 4.90 Å². The molecule has 3 aromatic heterocycles. The highest BCUT2D eigenvalue weighted by atomic mass is 16.3. The minimum atomic E-state index is 0.584. The van der Waals surface area contributed by atoms with Gasteiger partial charge in [-0.05, 0) is 55.7 Å². The molecule has 2 aliphatic rings. The highest BCUT2D eigenvalue weighted by Crippen LogP contribution is 2.38. The van der Waals surface area contributed by atoms with E-state index in [0.29, 0.717) is 5.92 Å². The lowest BCUT2D eigenvalue weighted by Crippen LogP contribution is -2.46. The van der Waals surface area contributed by atoms with E-state index < -0.39 is 0 Å². The number of pyridine rings is 1. The van der Waals surface area contributed by atoms with Crippen LogP contribution in [-0.2, 0) is 19.3 Å². The average molecular weight is 394 g/mol. The topological polar surface area (TPSA) is 58.3 Å². The van der Waals surface area contributed by atoms with Gasteiger partial charge >= 0.3 is 0 Å². The van der Waals surface area contributed by atoms with Gasteiger partial charge in [-0.2, -0.15) is 0 Å². The number of piperazine rings is 1. The second-order valence-electron chi connectivity index (χ2n) is 8.90. The van der Waals surface area contributed by atoms with Gasteiger partial charge < -0.3 is 14.2 Å². The van der Waals surface area contributed by atoms with Crippen molar-refractivity contribution in [3.63, 3.8) is 0 Å². The number of aromatic nitrogens is 3. The monoisotopic (exact) mass is 393 g/mol. The number of nitrogens with zero attached hydrogens (tertiary/aromatic N) is 5. The Labute approximate surface area is 172 Å². The van der Waals surface area contributed by atoms with Crippen molar-refractivity contribution in [3.05, 3.63) is 23.1 Å². The average Bonchev–Trinajstić information content (AvgIpc) is 3.12. The summed E-state index contributed by atoms with van der Waals surface area (Å²) in [6.07, 6.45) is 7.43. The van der Waals surface area contributed by atoms with Crippen LogP contribution >= 0.6 is 0 Å². The molecule has 0 N–H and O–H groups in total. The predicted molar refractivity (Wildman–Crippen MR) is 117 cm³/mol. The van der Waals surface area contributed by atoms with Crippen molar-refractivity contribution in [3.8, 4) is 0 Å². The van der Waals surface area contributed by atoms with Gasteiger partial charge in [-0.15, -0.1) is 0 Å². The van der Waals surface area contributed by atoms with E-state index >= 15 is 0 Å². The number of hydrogen-bond acceptors (Lipinski definition) is 6. The molecule has 0 amide bonds. The first-order valence-electron chi connectivity index (χ1n) is 11.2. The molecule has 0 saturated carbocycles. The van der Waals surface area contributed by atoms with Gasteiger partial charge in [-0.25, -0.2) is 15.0 Å². The normalized spacial score (nSPS) is 18.1. The zero-order valence-electron chi connectivity index (χ0n) is 17.9. The number of likely N-dealkylation sites (N-methyl/N-ethyl adjacent to an activating group) is 1. The summed E-state index contributed by atoms with van der Waals surface area (Å²) in [5.74, 6) is 1.51. The van der Waals surface area contributed by atoms with Crippen LogP contribution in [0.5, 0.6) is 0 Å². The van der Waals surface area contributed by atoms with Crippen LogP contribution in [-0.4, -0.2) is 52.6 Å². The zero-order chi connectivity index (χ0) is 20.0. The van der Waals surface area contributed by atoms with E-state index in [0.717, 1.165) is 80.0 Å². The maximum atomic E-state index is 6.39. The summed E-state index contributed by atoms with van der Waals surface area (Å²) in [5, 5.41) is 1.14. The van der Waals surface area contributed by atoms with E-state index in [-0.39, 0.29) is 0 Å². The van der Waals surface area contributed by atoms with Crippen LogP contribution in [0.25, 0.3) is 22.2 Å². The Kier molecular flexibility index (Phi) is 4.90. The van der Waals surface area contributed by atoms with Crippen LogP contribution in [0.2, 0.25) is 0 Å². The Morgan fingerprint density at radius 1 is 1.03 bits per heavy atom. The number of hydrogen-bond donors (Lipinski definition) is 0. The molecule has 5 rings (SSSR count). The van der Waals surface area contributed by atoms with Gasteiger partial charge in [0.05, 0.1) is 5.39 Å². The second-order valence-corrected chi connectivity index (χ2v) is 8.90. The van der Waals surface area contributed by atoms with E-state index in [1.807, 2.05) is 0 Å². The van der Waals surface area contributed by atoms with Gasteiger partial charge in [0.1, 0.15) is 11.8 Å². The van der Waals surface area contributed by atoms with Crippen molar-refractivity contribution in [1.29, 1.82) is 0 Å². The summed E-state index contributed by atoms with van der Waals surface area (Å²) in [6, 6.07) is 0. The van der Waals surface area contributed by atoms with E-state index in [1.54, 1.807) is 6.33 Å². The van der Waals surface area contributed by atoms with Crippen LogP contribution in [0.4, 0.5) is 5.82 Å². The first kappa shape index (κ1) is 18.8. The standard InChI is InChI=1S/C23H31N5O/c1-4-27-9-11-28(12-10-27)22-21-20(24-14-25-22)19-17-8-6-5-7-16(17)18(13-15(2)3)26-23(19)29-21/h14-15H,4-13H2,1-3H3. The van der Waals surface area contributed by atoms with Gasteiger partial charge in [0.2, 0.25) is 5.71 Å². The van der Waals surface area contributed by atoms with Gasteiger partial charge in [-0.3, -0.25) is 0 Å². The molecular weight excluding hydrogens is 362 g/mol. The van der Waals surface area contributed by atoms with Crippen LogP contribution in [0.15, 0.2) is 10.7 Å². The fraction of sp³-hybridized carbons (Fsp3) is 0.609. The van der Waals surface area contributed by atoms with Crippen LogP contribution in [0.1, 0.15) is 50.4 Å². The molecule has 0 radical (unpaired) electrons. The number of fused-ring (bicyclic) bond motifs is 5. The van der Waals surface area contributed by atoms with E-state index in [4.69, 9.17) is 9.40 Å². The number of furan rings is 1. The van der Waals surface area contributed by atoms with Crippen molar-refractivity contribution in [2.24, 2.45) is 5.92 Å². The SMILES string of the molecule is CCN1CCN(c2ncnc3c2oc2nc(CC(C)C)c4c(c23)CCCC4)CC1. The smallest absolute Gasteiger partial charge is 0.229 e. The maximum absolute atomic E-state index is 6.39. The molecule has 0 spiro atoms. The number of rotatable bonds is 4. The van der Waals surface area contributed by atoms with Crippen molar-refractivity contribution in [1.82, 2.24) is 19.9 Å². The van der Waals surface area contributed by atoms with Crippen molar-refractivity contribution >= 4 is 28.0 Å². The van der Waals surface area contributed by atoms with Gasteiger partial charge in [-0.1, -0.05) is 20.8 Å². The lowest BCUT2D eigenvalue weighted by molar-refractivity contribution is 0.270. The van der Waals surface area contributed by atoms with E-state index in [9.17, 15) is 0 Å². The molecule has 0 bridgehead atoms. The second kappa shape index (κ2) is 7.56. The van der Waals surface area contributed by atoms with Crippen LogP contribution in [0, 0.1) is 5.92 Å². The van der Waals surface area contributed by atoms with Gasteiger partial charge in [0, 0.05) is 31.9 Å². The Bertz CT molecular complexity index is 1030. The Balaban J connectivity index is 1.66. The van der Waals surface area contributed by atoms with Gasteiger partial charge in [0.15, 0.2) is 11.4 Å². The van der Waals surface area contributed by atoms with E-state index in [1.165, 1.54) is 29.7 Å². The highest BCUT2D eigenvalue weighted by molar-refractivity contribution is 6.06. The molecule has 154 valence electrons. The van der Waals surface area contributed by atoms with Crippen molar-refractivity contribution in [2.45, 2.75) is 52.9 Å². The molecule has 1 aliphatic carbocycles. The van der Waals surface area contributed by atoms with E-state index in [2.05, 4.69) is 40.5 Å². The molecule has 6 nitrogen and oxygen atoms in total. The van der Waals surface area contributed by atoms with Crippen molar-refractivity contribution in [2.75, 3.05) is 37.6 Å². The molecule has 6 heteroatoms. The quantitative estimate of drug-likeness (QED) is 0.668.